The maximum Gasteiger partial charge on any atom is 0.188 e. The third-order valence-corrected chi connectivity index (χ3v) is 15.3. The summed E-state index contributed by atoms with van der Waals surface area (Å²) in [5.74, 6) is 3.38. The molecule has 10 rings (SSSR count). The van der Waals surface area contributed by atoms with Crippen LogP contribution in [0.2, 0.25) is 0 Å². The van der Waals surface area contributed by atoms with E-state index < -0.39 is 0 Å². The van der Waals surface area contributed by atoms with Crippen LogP contribution in [-0.4, -0.2) is 40.0 Å². The van der Waals surface area contributed by atoms with Crippen molar-refractivity contribution >= 4 is 0 Å². The van der Waals surface area contributed by atoms with Crippen LogP contribution in [0, 0.1) is 13.8 Å². The third-order valence-electron chi connectivity index (χ3n) is 15.3. The Bertz CT molecular complexity index is 2560. The molecule has 0 saturated heterocycles. The molecule has 0 saturated carbocycles. The van der Waals surface area contributed by atoms with E-state index in [-0.39, 0.29) is 25.8 Å². The first-order valence-electron chi connectivity index (χ1n) is 26.2. The van der Waals surface area contributed by atoms with Crippen LogP contribution in [-0.2, 0) is 60.8 Å². The first-order chi connectivity index (χ1) is 33.8. The molecule has 0 aliphatic heterocycles. The fourth-order valence-electron chi connectivity index (χ4n) is 12.4. The summed E-state index contributed by atoms with van der Waals surface area (Å²) in [6, 6.07) is 31.2. The molecule has 0 N–H and O–H groups in total. The largest absolute Gasteiger partial charge is 0.490 e. The lowest BCUT2D eigenvalue weighted by atomic mass is 9.76. The second-order valence-electron chi connectivity index (χ2n) is 20.4. The molecule has 2 atom stereocenters. The minimum atomic E-state index is -0.157. The average molecular weight is 925 g/mol. The van der Waals surface area contributed by atoms with E-state index in [1.165, 1.54) is 129 Å². The minimum Gasteiger partial charge on any atom is -0.490 e. The number of hydrogen-bond acceptors (Lipinski definition) is 6. The summed E-state index contributed by atoms with van der Waals surface area (Å²) < 4.78 is 38.6. The highest BCUT2D eigenvalue weighted by molar-refractivity contribution is 5.90. The van der Waals surface area contributed by atoms with Gasteiger partial charge < -0.3 is 28.4 Å². The molecule has 0 radical (unpaired) electrons. The molecule has 0 aromatic heterocycles. The number of aryl methyl sites for hydroxylation is 6. The zero-order chi connectivity index (χ0) is 47.4. The van der Waals surface area contributed by atoms with Gasteiger partial charge in [-0.25, -0.2) is 0 Å². The van der Waals surface area contributed by atoms with Crippen molar-refractivity contribution in [3.63, 3.8) is 0 Å². The van der Waals surface area contributed by atoms with Crippen molar-refractivity contribution < 1.29 is 28.4 Å². The normalized spacial score (nSPS) is 16.1. The van der Waals surface area contributed by atoms with Gasteiger partial charge >= 0.3 is 0 Å². The second-order valence-corrected chi connectivity index (χ2v) is 20.4. The number of hydrogen-bond donors (Lipinski definition) is 0. The summed E-state index contributed by atoms with van der Waals surface area (Å²) in [5, 5.41) is 0. The number of benzene rings is 6. The standard InChI is InChI=1S/C63H72O6/c1-40-31-54(62(66-38-64-5)56(33-40)60-48-23-11-7-19-44(48)36-45-20-8-12-24-49(45)60)52-27-15-17-29-58(52)68-42(3)35-43(4)69-59-30-18-16-28-53(59)55-32-41(2)34-57(63(55)67-39-65-6)61-50-25-13-9-21-46(50)37-47-22-10-14-26-51(47)61/h15-18,27-34,36-37,42-43H,7-14,19-26,35,38-39H2,1-6H3/t42-,43-/m0/s1. The molecule has 360 valence electrons. The van der Waals surface area contributed by atoms with Crippen LogP contribution in [0.25, 0.3) is 44.5 Å². The quantitative estimate of drug-likeness (QED) is 0.0902. The van der Waals surface area contributed by atoms with Gasteiger partial charge in [0.1, 0.15) is 23.0 Å². The van der Waals surface area contributed by atoms with Gasteiger partial charge in [0, 0.05) is 54.0 Å². The van der Waals surface area contributed by atoms with Crippen LogP contribution in [0.5, 0.6) is 23.0 Å². The molecule has 0 heterocycles. The van der Waals surface area contributed by atoms with Gasteiger partial charge in [0.15, 0.2) is 13.6 Å². The van der Waals surface area contributed by atoms with E-state index in [0.717, 1.165) is 96.6 Å². The molecule has 4 aliphatic rings. The minimum absolute atomic E-state index is 0.157. The summed E-state index contributed by atoms with van der Waals surface area (Å²) in [6.07, 6.45) is 19.3. The lowest BCUT2D eigenvalue weighted by molar-refractivity contribution is 0.0517. The Morgan fingerprint density at radius 1 is 0.406 bits per heavy atom. The summed E-state index contributed by atoms with van der Waals surface area (Å²) >= 11 is 0. The molecule has 6 aromatic rings. The van der Waals surface area contributed by atoms with E-state index >= 15 is 0 Å². The molecule has 69 heavy (non-hydrogen) atoms. The Morgan fingerprint density at radius 3 is 1.10 bits per heavy atom. The van der Waals surface area contributed by atoms with E-state index in [0.29, 0.717) is 6.42 Å². The molecule has 6 nitrogen and oxygen atoms in total. The van der Waals surface area contributed by atoms with Crippen LogP contribution in [0.15, 0.2) is 84.9 Å². The fourth-order valence-corrected chi connectivity index (χ4v) is 12.4. The molecular formula is C63H72O6. The van der Waals surface area contributed by atoms with Crippen molar-refractivity contribution in [2.45, 2.75) is 149 Å². The molecule has 0 bridgehead atoms. The molecule has 0 unspecified atom stereocenters. The lowest BCUT2D eigenvalue weighted by Gasteiger charge is -2.29. The highest BCUT2D eigenvalue weighted by atomic mass is 16.7. The first-order valence-corrected chi connectivity index (χ1v) is 26.2. The molecular weight excluding hydrogens is 853 g/mol. The summed E-state index contributed by atoms with van der Waals surface area (Å²) in [7, 11) is 3.41. The third kappa shape index (κ3) is 9.82. The van der Waals surface area contributed by atoms with Gasteiger partial charge in [-0.15, -0.1) is 0 Å². The maximum absolute atomic E-state index is 6.98. The SMILES string of the molecule is COCOc1c(-c2ccccc2O[C@@H](C)C[C@H](C)Oc2ccccc2-c2cc(C)cc(-c3c4c(cc5c3CCCC5)CCCC4)c2OCOC)cc(C)cc1-c1c2c(cc3c1CCCC3)CCCC2. The predicted octanol–water partition coefficient (Wildman–Crippen LogP) is 15.1. The van der Waals surface area contributed by atoms with Crippen molar-refractivity contribution in [3.8, 4) is 67.5 Å². The summed E-state index contributed by atoms with van der Waals surface area (Å²) in [6.45, 7) is 9.06. The number of methoxy groups -OCH3 is 2. The zero-order valence-corrected chi connectivity index (χ0v) is 42.1. The fraction of sp³-hybridized carbons (Fsp3) is 0.429. The monoisotopic (exact) mass is 925 g/mol. The summed E-state index contributed by atoms with van der Waals surface area (Å²) in [5.41, 5.74) is 23.9. The van der Waals surface area contributed by atoms with E-state index in [4.69, 9.17) is 28.4 Å². The predicted molar refractivity (Wildman–Crippen MR) is 280 cm³/mol. The summed E-state index contributed by atoms with van der Waals surface area (Å²) in [4.78, 5) is 0. The van der Waals surface area contributed by atoms with Crippen molar-refractivity contribution in [1.82, 2.24) is 0 Å². The maximum atomic E-state index is 6.98. The Labute approximate surface area is 411 Å². The van der Waals surface area contributed by atoms with Crippen molar-refractivity contribution in [2.24, 2.45) is 0 Å². The highest BCUT2D eigenvalue weighted by Crippen LogP contribution is 2.50. The number of para-hydroxylation sites is 2. The number of fused-ring (bicyclic) bond motifs is 4. The van der Waals surface area contributed by atoms with Crippen molar-refractivity contribution in [1.29, 1.82) is 0 Å². The Hall–Kier alpha value is -5.56. The smallest absolute Gasteiger partial charge is 0.188 e. The van der Waals surface area contributed by atoms with Crippen LogP contribution in [0.3, 0.4) is 0 Å². The average Bonchev–Trinajstić information content (AvgIpc) is 3.36. The van der Waals surface area contributed by atoms with Crippen LogP contribution < -0.4 is 18.9 Å². The van der Waals surface area contributed by atoms with Crippen LogP contribution in [0.1, 0.15) is 127 Å². The van der Waals surface area contributed by atoms with Gasteiger partial charge in [-0.1, -0.05) is 48.5 Å². The molecule has 0 fully saturated rings. The highest BCUT2D eigenvalue weighted by Gasteiger charge is 2.30. The Morgan fingerprint density at radius 2 is 0.739 bits per heavy atom. The lowest BCUT2D eigenvalue weighted by Crippen LogP contribution is -2.23. The zero-order valence-electron chi connectivity index (χ0n) is 42.1. The molecule has 6 aromatic carbocycles. The Balaban J connectivity index is 0.959. The van der Waals surface area contributed by atoms with E-state index in [1.54, 1.807) is 14.2 Å². The van der Waals surface area contributed by atoms with Gasteiger partial charge in [-0.2, -0.15) is 0 Å². The Kier molecular flexibility index (Phi) is 14.5. The van der Waals surface area contributed by atoms with Gasteiger partial charge in [-0.3, -0.25) is 0 Å². The van der Waals surface area contributed by atoms with Gasteiger partial charge in [0.25, 0.3) is 0 Å². The number of rotatable bonds is 16. The van der Waals surface area contributed by atoms with Gasteiger partial charge in [0.2, 0.25) is 0 Å². The second kappa shape index (κ2) is 21.2. The van der Waals surface area contributed by atoms with Crippen LogP contribution in [0.4, 0.5) is 0 Å². The number of ether oxygens (including phenoxy) is 6. The first kappa shape index (κ1) is 47.1. The van der Waals surface area contributed by atoms with Gasteiger partial charge in [0.05, 0.1) is 12.2 Å². The van der Waals surface area contributed by atoms with Crippen LogP contribution >= 0.6 is 0 Å². The molecule has 6 heteroatoms. The van der Waals surface area contributed by atoms with Gasteiger partial charge in [-0.05, 0) is 234 Å². The molecule has 0 spiro atoms. The van der Waals surface area contributed by atoms with E-state index in [1.807, 2.05) is 0 Å². The molecule has 4 aliphatic carbocycles. The molecule has 0 amide bonds. The van der Waals surface area contributed by atoms with Crippen molar-refractivity contribution in [3.05, 3.63) is 141 Å². The van der Waals surface area contributed by atoms with E-state index in [9.17, 15) is 0 Å². The van der Waals surface area contributed by atoms with E-state index in [2.05, 4.69) is 113 Å². The topological polar surface area (TPSA) is 55.4 Å². The van der Waals surface area contributed by atoms with Crippen molar-refractivity contribution in [2.75, 3.05) is 27.8 Å².